The Hall–Kier alpha value is -1.12. The van der Waals surface area contributed by atoms with Crippen LogP contribution in [0, 0.1) is 0 Å². The molecule has 2 rings (SSSR count). The number of anilines is 2. The van der Waals surface area contributed by atoms with Crippen molar-refractivity contribution in [2.75, 3.05) is 11.9 Å². The minimum Gasteiger partial charge on any atom is -0.355 e. The number of thioether (sulfide) groups is 1. The molecule has 1 atom stereocenters. The number of benzene rings is 1. The molecule has 2 N–H and O–H groups in total. The molecule has 0 fully saturated rings. The van der Waals surface area contributed by atoms with Crippen LogP contribution >= 0.6 is 39.0 Å². The molecule has 0 aliphatic carbocycles. The molecule has 0 aliphatic heterocycles. The highest BCUT2D eigenvalue weighted by atomic mass is 79.9. The summed E-state index contributed by atoms with van der Waals surface area (Å²) in [5, 5.41) is 14.7. The maximum atomic E-state index is 11.7. The minimum atomic E-state index is -0.184. The van der Waals surface area contributed by atoms with E-state index < -0.39 is 0 Å². The molecule has 1 aromatic heterocycles. The molecule has 2 aromatic rings. The summed E-state index contributed by atoms with van der Waals surface area (Å²) in [5.41, 5.74) is 0.939. The van der Waals surface area contributed by atoms with Crippen LogP contribution < -0.4 is 10.6 Å². The van der Waals surface area contributed by atoms with Gasteiger partial charge in [0.25, 0.3) is 0 Å². The van der Waals surface area contributed by atoms with Crippen LogP contribution in [-0.4, -0.2) is 27.9 Å². The smallest absolute Gasteiger partial charge is 0.233 e. The predicted molar refractivity (Wildman–Crippen MR) is 91.3 cm³/mol. The maximum absolute atomic E-state index is 11.7. The second-order valence-corrected chi connectivity index (χ2v) is 7.64. The van der Waals surface area contributed by atoms with Crippen LogP contribution in [0.15, 0.2) is 33.1 Å². The van der Waals surface area contributed by atoms with Crippen molar-refractivity contribution in [2.24, 2.45) is 0 Å². The van der Waals surface area contributed by atoms with E-state index in [-0.39, 0.29) is 11.2 Å². The molecule has 0 saturated carbocycles. The van der Waals surface area contributed by atoms with Gasteiger partial charge in [0.2, 0.25) is 11.0 Å². The number of aromatic nitrogens is 2. The van der Waals surface area contributed by atoms with Crippen LogP contribution in [0.5, 0.6) is 0 Å². The number of halogens is 1. The van der Waals surface area contributed by atoms with E-state index in [1.807, 2.05) is 38.1 Å². The average molecular weight is 387 g/mol. The Morgan fingerprint density at radius 2 is 2.29 bits per heavy atom. The normalized spacial score (nSPS) is 12.0. The first-order valence-corrected chi connectivity index (χ1v) is 8.88. The first-order chi connectivity index (χ1) is 10.1. The van der Waals surface area contributed by atoms with E-state index >= 15 is 0 Å². The lowest BCUT2D eigenvalue weighted by molar-refractivity contribution is -0.120. The van der Waals surface area contributed by atoms with Gasteiger partial charge < -0.3 is 10.6 Å². The van der Waals surface area contributed by atoms with Crippen molar-refractivity contribution in [3.8, 4) is 0 Å². The monoisotopic (exact) mass is 386 g/mol. The molecule has 1 amide bonds. The number of hydrogen-bond donors (Lipinski definition) is 2. The molecule has 0 radical (unpaired) electrons. The molecule has 0 aliphatic rings. The lowest BCUT2D eigenvalue weighted by Gasteiger charge is -2.07. The first kappa shape index (κ1) is 16.3. The van der Waals surface area contributed by atoms with Gasteiger partial charge in [-0.25, -0.2) is 0 Å². The Bertz CT molecular complexity index is 620. The lowest BCUT2D eigenvalue weighted by Crippen LogP contribution is -2.30. The predicted octanol–water partition coefficient (Wildman–Crippen LogP) is 3.66. The zero-order chi connectivity index (χ0) is 15.2. The van der Waals surface area contributed by atoms with Crippen molar-refractivity contribution in [2.45, 2.75) is 23.4 Å². The van der Waals surface area contributed by atoms with Gasteiger partial charge >= 0.3 is 0 Å². The van der Waals surface area contributed by atoms with Crippen LogP contribution in [0.25, 0.3) is 0 Å². The third kappa shape index (κ3) is 4.98. The van der Waals surface area contributed by atoms with Crippen molar-refractivity contribution >= 4 is 55.8 Å². The fourth-order valence-corrected chi connectivity index (χ4v) is 3.86. The Morgan fingerprint density at radius 1 is 1.48 bits per heavy atom. The molecule has 1 aromatic carbocycles. The molecule has 0 bridgehead atoms. The molecule has 0 spiro atoms. The second-order valence-electron chi connectivity index (χ2n) is 4.16. The van der Waals surface area contributed by atoms with Crippen molar-refractivity contribution in [1.82, 2.24) is 15.5 Å². The fraction of sp³-hybridized carbons (Fsp3) is 0.308. The maximum Gasteiger partial charge on any atom is 0.233 e. The SMILES string of the molecule is CCNC(=O)C(C)Sc1nnc(Nc2cccc(Br)c2)s1. The van der Waals surface area contributed by atoms with Gasteiger partial charge in [0, 0.05) is 16.7 Å². The van der Waals surface area contributed by atoms with Gasteiger partial charge in [-0.15, -0.1) is 10.2 Å². The van der Waals surface area contributed by atoms with E-state index in [0.717, 1.165) is 14.5 Å². The van der Waals surface area contributed by atoms with Crippen molar-refractivity contribution < 1.29 is 4.79 Å². The molecular weight excluding hydrogens is 372 g/mol. The summed E-state index contributed by atoms with van der Waals surface area (Å²) in [6.45, 7) is 4.40. The van der Waals surface area contributed by atoms with Gasteiger partial charge in [0.05, 0.1) is 5.25 Å². The topological polar surface area (TPSA) is 66.9 Å². The van der Waals surface area contributed by atoms with Crippen LogP contribution in [0.2, 0.25) is 0 Å². The van der Waals surface area contributed by atoms with Gasteiger partial charge in [0.15, 0.2) is 4.34 Å². The van der Waals surface area contributed by atoms with Gasteiger partial charge in [0.1, 0.15) is 0 Å². The molecule has 112 valence electrons. The molecule has 1 heterocycles. The van der Waals surface area contributed by atoms with Crippen LogP contribution in [0.4, 0.5) is 10.8 Å². The summed E-state index contributed by atoms with van der Waals surface area (Å²) in [4.78, 5) is 11.7. The van der Waals surface area contributed by atoms with Crippen LogP contribution in [0.1, 0.15) is 13.8 Å². The third-order valence-corrected chi connectivity index (χ3v) is 5.00. The highest BCUT2D eigenvalue weighted by Gasteiger charge is 2.16. The highest BCUT2D eigenvalue weighted by molar-refractivity contribution is 9.10. The highest BCUT2D eigenvalue weighted by Crippen LogP contribution is 2.30. The van der Waals surface area contributed by atoms with Crippen LogP contribution in [0.3, 0.4) is 0 Å². The number of carbonyl (C=O) groups excluding carboxylic acids is 1. The van der Waals surface area contributed by atoms with E-state index in [0.29, 0.717) is 11.7 Å². The summed E-state index contributed by atoms with van der Waals surface area (Å²) in [7, 11) is 0. The van der Waals surface area contributed by atoms with Crippen molar-refractivity contribution in [3.05, 3.63) is 28.7 Å². The average Bonchev–Trinajstić information content (AvgIpc) is 2.86. The molecule has 5 nitrogen and oxygen atoms in total. The number of nitrogens with zero attached hydrogens (tertiary/aromatic N) is 2. The summed E-state index contributed by atoms with van der Waals surface area (Å²) in [6.07, 6.45) is 0. The Morgan fingerprint density at radius 3 is 3.00 bits per heavy atom. The van der Waals surface area contributed by atoms with E-state index in [9.17, 15) is 4.79 Å². The number of hydrogen-bond acceptors (Lipinski definition) is 6. The summed E-state index contributed by atoms with van der Waals surface area (Å²) in [6, 6.07) is 7.82. The Balaban J connectivity index is 1.96. The number of amides is 1. The Kier molecular flexibility index (Phi) is 6.01. The van der Waals surface area contributed by atoms with Crippen molar-refractivity contribution in [3.63, 3.8) is 0 Å². The molecule has 21 heavy (non-hydrogen) atoms. The van der Waals surface area contributed by atoms with E-state index in [1.165, 1.54) is 23.1 Å². The number of rotatable bonds is 6. The largest absolute Gasteiger partial charge is 0.355 e. The standard InChI is InChI=1S/C13H15BrN4OS2/c1-3-15-11(19)8(2)20-13-18-17-12(21-13)16-10-6-4-5-9(14)7-10/h4-8H,3H2,1-2H3,(H,15,19)(H,16,17). The minimum absolute atomic E-state index is 0.0131. The third-order valence-electron chi connectivity index (χ3n) is 2.48. The van der Waals surface area contributed by atoms with Gasteiger partial charge in [-0.05, 0) is 32.0 Å². The summed E-state index contributed by atoms with van der Waals surface area (Å²) >= 11 is 6.26. The van der Waals surface area contributed by atoms with Gasteiger partial charge in [-0.3, -0.25) is 4.79 Å². The zero-order valence-electron chi connectivity index (χ0n) is 11.6. The van der Waals surface area contributed by atoms with E-state index in [1.54, 1.807) is 0 Å². The quantitative estimate of drug-likeness (QED) is 0.741. The number of nitrogens with one attached hydrogen (secondary N) is 2. The molecule has 1 unspecified atom stereocenters. The van der Waals surface area contributed by atoms with E-state index in [4.69, 9.17) is 0 Å². The molecule has 8 heteroatoms. The van der Waals surface area contributed by atoms with Gasteiger partial charge in [-0.2, -0.15) is 0 Å². The fourth-order valence-electron chi connectivity index (χ4n) is 1.52. The lowest BCUT2D eigenvalue weighted by atomic mass is 10.3. The summed E-state index contributed by atoms with van der Waals surface area (Å²) < 4.78 is 1.77. The first-order valence-electron chi connectivity index (χ1n) is 6.39. The molecule has 0 saturated heterocycles. The second kappa shape index (κ2) is 7.77. The molecular formula is C13H15BrN4OS2. The summed E-state index contributed by atoms with van der Waals surface area (Å²) in [5.74, 6) is 0.0131. The van der Waals surface area contributed by atoms with E-state index in [2.05, 4.69) is 36.8 Å². The van der Waals surface area contributed by atoms with Crippen molar-refractivity contribution in [1.29, 1.82) is 0 Å². The van der Waals surface area contributed by atoms with Gasteiger partial charge in [-0.1, -0.05) is 45.1 Å². The zero-order valence-corrected chi connectivity index (χ0v) is 14.8. The van der Waals surface area contributed by atoms with Crippen LogP contribution in [-0.2, 0) is 4.79 Å². The Labute approximate surface area is 140 Å². The number of carbonyl (C=O) groups is 1.